The molecule has 3 nitrogen and oxygen atoms in total. The summed E-state index contributed by atoms with van der Waals surface area (Å²) >= 11 is 0. The van der Waals surface area contributed by atoms with E-state index in [9.17, 15) is 9.90 Å². The van der Waals surface area contributed by atoms with Crippen LogP contribution in [0.1, 0.15) is 87.2 Å². The van der Waals surface area contributed by atoms with E-state index < -0.39 is 0 Å². The molecule has 22 heavy (non-hydrogen) atoms. The number of aromatic hydroxyl groups is 1. The predicted octanol–water partition coefficient (Wildman–Crippen LogP) is 4.51. The van der Waals surface area contributed by atoms with E-state index >= 15 is 0 Å². The Morgan fingerprint density at radius 2 is 1.86 bits per heavy atom. The molecule has 3 heteroatoms. The van der Waals surface area contributed by atoms with Crippen molar-refractivity contribution in [1.82, 2.24) is 0 Å². The molecule has 1 aromatic rings. The van der Waals surface area contributed by atoms with Crippen LogP contribution in [0.5, 0.6) is 5.75 Å². The van der Waals surface area contributed by atoms with Crippen molar-refractivity contribution in [1.29, 1.82) is 0 Å². The van der Waals surface area contributed by atoms with Crippen molar-refractivity contribution in [3.63, 3.8) is 0 Å². The van der Waals surface area contributed by atoms with Gasteiger partial charge in [0.2, 0.25) is 0 Å². The molecule has 0 radical (unpaired) electrons. The van der Waals surface area contributed by atoms with E-state index in [4.69, 9.17) is 5.73 Å². The molecule has 0 aromatic heterocycles. The average molecular weight is 305 g/mol. The fourth-order valence-electron chi connectivity index (χ4n) is 2.87. The van der Waals surface area contributed by atoms with Gasteiger partial charge in [0.25, 0.3) is 0 Å². The summed E-state index contributed by atoms with van der Waals surface area (Å²) in [5.74, 6) is 0.531. The Bertz CT molecular complexity index is 481. The molecular weight excluding hydrogens is 274 g/mol. The van der Waals surface area contributed by atoms with E-state index in [0.29, 0.717) is 18.0 Å². The van der Waals surface area contributed by atoms with Gasteiger partial charge >= 0.3 is 0 Å². The minimum atomic E-state index is -0.193. The first-order valence-corrected chi connectivity index (χ1v) is 8.37. The second kappa shape index (κ2) is 8.33. The maximum Gasteiger partial charge on any atom is 0.153 e. The third-order valence-corrected chi connectivity index (χ3v) is 4.23. The molecule has 0 amide bonds. The first kappa shape index (κ1) is 18.7. The Balaban J connectivity index is 3.26. The third-order valence-electron chi connectivity index (χ3n) is 4.23. The molecule has 0 aliphatic heterocycles. The normalized spacial score (nSPS) is 13.1. The van der Waals surface area contributed by atoms with Crippen LogP contribution in [0.2, 0.25) is 0 Å². The van der Waals surface area contributed by atoms with Crippen LogP contribution in [0.15, 0.2) is 12.1 Å². The molecule has 124 valence electrons. The molecule has 1 rings (SSSR count). The molecule has 1 atom stereocenters. The zero-order chi connectivity index (χ0) is 16.8. The Labute approximate surface area is 134 Å². The highest BCUT2D eigenvalue weighted by Crippen LogP contribution is 2.37. The summed E-state index contributed by atoms with van der Waals surface area (Å²) in [6.45, 7) is 9.05. The molecule has 0 spiro atoms. The highest BCUT2D eigenvalue weighted by atomic mass is 16.3. The largest absolute Gasteiger partial charge is 0.507 e. The highest BCUT2D eigenvalue weighted by Gasteiger charge is 2.23. The summed E-state index contributed by atoms with van der Waals surface area (Å²) in [4.78, 5) is 11.3. The molecule has 0 heterocycles. The number of carbonyl (C=O) groups excluding carboxylic acids is 1. The van der Waals surface area contributed by atoms with Gasteiger partial charge in [0.1, 0.15) is 5.75 Å². The Kier molecular flexibility index (Phi) is 7.08. The van der Waals surface area contributed by atoms with Crippen molar-refractivity contribution < 1.29 is 9.90 Å². The average Bonchev–Trinajstić information content (AvgIpc) is 2.47. The van der Waals surface area contributed by atoms with Gasteiger partial charge in [-0.2, -0.15) is 0 Å². The van der Waals surface area contributed by atoms with Crippen LogP contribution in [0.3, 0.4) is 0 Å². The van der Waals surface area contributed by atoms with Crippen molar-refractivity contribution >= 4 is 6.29 Å². The number of phenols is 1. The quantitative estimate of drug-likeness (QED) is 0.694. The van der Waals surface area contributed by atoms with Crippen LogP contribution >= 0.6 is 0 Å². The highest BCUT2D eigenvalue weighted by molar-refractivity contribution is 5.81. The van der Waals surface area contributed by atoms with Crippen molar-refractivity contribution in [3.05, 3.63) is 28.8 Å². The fraction of sp³-hybridized carbons (Fsp3) is 0.632. The summed E-state index contributed by atoms with van der Waals surface area (Å²) < 4.78 is 0. The summed E-state index contributed by atoms with van der Waals surface area (Å²) in [5, 5.41) is 10.3. The lowest BCUT2D eigenvalue weighted by Gasteiger charge is -2.25. The maximum atomic E-state index is 11.3. The Hall–Kier alpha value is -1.35. The van der Waals surface area contributed by atoms with E-state index in [1.165, 1.54) is 0 Å². The summed E-state index contributed by atoms with van der Waals surface area (Å²) in [6.07, 6.45) is 6.19. The molecule has 1 unspecified atom stereocenters. The topological polar surface area (TPSA) is 63.3 Å². The smallest absolute Gasteiger partial charge is 0.153 e. The Morgan fingerprint density at radius 1 is 1.23 bits per heavy atom. The lowest BCUT2D eigenvalue weighted by atomic mass is 9.80. The number of hydrogen-bond acceptors (Lipinski definition) is 3. The van der Waals surface area contributed by atoms with Crippen molar-refractivity contribution in [2.45, 2.75) is 71.1 Å². The molecule has 0 bridgehead atoms. The van der Waals surface area contributed by atoms with Gasteiger partial charge in [-0.1, -0.05) is 46.6 Å². The number of hydrogen-bond donors (Lipinski definition) is 2. The second-order valence-corrected chi connectivity index (χ2v) is 7.14. The summed E-state index contributed by atoms with van der Waals surface area (Å²) in [7, 11) is 0. The van der Waals surface area contributed by atoms with Crippen LogP contribution in [0.4, 0.5) is 0 Å². The van der Waals surface area contributed by atoms with Crippen molar-refractivity contribution in [2.24, 2.45) is 5.73 Å². The minimum absolute atomic E-state index is 0.124. The number of unbranched alkanes of at least 4 members (excludes halogenated alkanes) is 1. The van der Waals surface area contributed by atoms with E-state index in [1.807, 2.05) is 6.07 Å². The van der Waals surface area contributed by atoms with Crippen LogP contribution in [-0.2, 0) is 5.41 Å². The molecular formula is C19H31NO2. The van der Waals surface area contributed by atoms with E-state index in [1.54, 1.807) is 0 Å². The number of aldehydes is 1. The third kappa shape index (κ3) is 4.84. The molecule has 0 saturated carbocycles. The predicted molar refractivity (Wildman–Crippen MR) is 92.7 cm³/mol. The van der Waals surface area contributed by atoms with Crippen LogP contribution in [-0.4, -0.2) is 17.9 Å². The van der Waals surface area contributed by atoms with Gasteiger partial charge in [0.05, 0.1) is 5.56 Å². The van der Waals surface area contributed by atoms with Gasteiger partial charge in [0.15, 0.2) is 6.29 Å². The second-order valence-electron chi connectivity index (χ2n) is 7.14. The monoisotopic (exact) mass is 305 g/mol. The number of nitrogens with two attached hydrogens (primary N) is 1. The molecule has 0 saturated heterocycles. The van der Waals surface area contributed by atoms with Crippen LogP contribution < -0.4 is 5.73 Å². The number of phenolic OH excluding ortho intramolecular Hbond substituents is 1. The standard InChI is InChI=1S/C19H31NO2/c1-5-6-8-14(9-7-10-20)15-11-16(13-21)18(22)17(12-15)19(2,3)4/h11-14,22H,5-10,20H2,1-4H3. The lowest BCUT2D eigenvalue weighted by Crippen LogP contribution is -2.14. The van der Waals surface area contributed by atoms with Gasteiger partial charge in [0, 0.05) is 5.56 Å². The maximum absolute atomic E-state index is 11.3. The SMILES string of the molecule is CCCCC(CCCN)c1cc(C=O)c(O)c(C(C)(C)C)c1. The van der Waals surface area contributed by atoms with Crippen LogP contribution in [0, 0.1) is 0 Å². The summed E-state index contributed by atoms with van der Waals surface area (Å²) in [6, 6.07) is 3.94. The van der Waals surface area contributed by atoms with Crippen molar-refractivity contribution in [2.75, 3.05) is 6.54 Å². The number of carbonyl (C=O) groups is 1. The van der Waals surface area contributed by atoms with Gasteiger partial charge in [-0.25, -0.2) is 0 Å². The molecule has 3 N–H and O–H groups in total. The zero-order valence-electron chi connectivity index (χ0n) is 14.5. The summed E-state index contributed by atoms with van der Waals surface area (Å²) in [5.41, 5.74) is 7.88. The molecule has 0 aliphatic carbocycles. The number of benzene rings is 1. The van der Waals surface area contributed by atoms with Crippen LogP contribution in [0.25, 0.3) is 0 Å². The van der Waals surface area contributed by atoms with Gasteiger partial charge in [-0.15, -0.1) is 0 Å². The minimum Gasteiger partial charge on any atom is -0.507 e. The van der Waals surface area contributed by atoms with E-state index in [-0.39, 0.29) is 11.2 Å². The first-order valence-electron chi connectivity index (χ1n) is 8.37. The number of rotatable bonds is 8. The van der Waals surface area contributed by atoms with Gasteiger partial charge in [-0.05, 0) is 48.8 Å². The van der Waals surface area contributed by atoms with Gasteiger partial charge in [-0.3, -0.25) is 4.79 Å². The molecule has 1 aromatic carbocycles. The van der Waals surface area contributed by atoms with E-state index in [0.717, 1.165) is 49.5 Å². The zero-order valence-corrected chi connectivity index (χ0v) is 14.5. The molecule has 0 fully saturated rings. The first-order chi connectivity index (χ1) is 10.3. The van der Waals surface area contributed by atoms with Gasteiger partial charge < -0.3 is 10.8 Å². The Morgan fingerprint density at radius 3 is 2.36 bits per heavy atom. The van der Waals surface area contributed by atoms with E-state index in [2.05, 4.69) is 33.8 Å². The lowest BCUT2D eigenvalue weighted by molar-refractivity contribution is 0.112. The molecule has 0 aliphatic rings. The fourth-order valence-corrected chi connectivity index (χ4v) is 2.87. The van der Waals surface area contributed by atoms with Crippen molar-refractivity contribution in [3.8, 4) is 5.75 Å².